The third-order valence-electron chi connectivity index (χ3n) is 4.90. The molecular formula is C16H28IN5O. The second-order valence-electron chi connectivity index (χ2n) is 7.07. The van der Waals surface area contributed by atoms with E-state index in [2.05, 4.69) is 34.2 Å². The maximum absolute atomic E-state index is 5.90. The molecule has 2 heterocycles. The van der Waals surface area contributed by atoms with E-state index in [-0.39, 0.29) is 30.1 Å². The molecule has 1 saturated heterocycles. The Morgan fingerprint density at radius 1 is 1.52 bits per heavy atom. The van der Waals surface area contributed by atoms with E-state index in [0.29, 0.717) is 5.41 Å². The number of halogens is 1. The summed E-state index contributed by atoms with van der Waals surface area (Å²) in [5, 5.41) is 7.77. The van der Waals surface area contributed by atoms with Crippen molar-refractivity contribution in [2.75, 3.05) is 33.3 Å². The maximum atomic E-state index is 5.90. The van der Waals surface area contributed by atoms with E-state index in [4.69, 9.17) is 4.74 Å². The Morgan fingerprint density at radius 2 is 2.26 bits per heavy atom. The Balaban J connectivity index is 0.00000192. The zero-order chi connectivity index (χ0) is 15.7. The fourth-order valence-electron chi connectivity index (χ4n) is 3.12. The van der Waals surface area contributed by atoms with E-state index < -0.39 is 0 Å². The van der Waals surface area contributed by atoms with Gasteiger partial charge in [-0.15, -0.1) is 24.0 Å². The molecule has 130 valence electrons. The highest BCUT2D eigenvalue weighted by molar-refractivity contribution is 14.0. The molecule has 2 atom stereocenters. The molecule has 1 aromatic rings. The number of hydrogen-bond donors (Lipinski definition) is 1. The van der Waals surface area contributed by atoms with Gasteiger partial charge in [-0.05, 0) is 17.8 Å². The zero-order valence-electron chi connectivity index (χ0n) is 14.5. The minimum absolute atomic E-state index is 0. The van der Waals surface area contributed by atoms with E-state index in [1.54, 1.807) is 0 Å². The van der Waals surface area contributed by atoms with Gasteiger partial charge in [-0.25, -0.2) is 0 Å². The molecule has 0 bridgehead atoms. The lowest BCUT2D eigenvalue weighted by molar-refractivity contribution is -0.00804. The van der Waals surface area contributed by atoms with Crippen LogP contribution in [0.1, 0.15) is 31.9 Å². The van der Waals surface area contributed by atoms with Crippen LogP contribution in [0.2, 0.25) is 0 Å². The number of rotatable bonds is 3. The van der Waals surface area contributed by atoms with Gasteiger partial charge in [0.05, 0.1) is 19.3 Å². The number of nitrogens with one attached hydrogen (secondary N) is 1. The smallest absolute Gasteiger partial charge is 0.193 e. The highest BCUT2D eigenvalue weighted by Gasteiger charge is 2.45. The summed E-state index contributed by atoms with van der Waals surface area (Å²) in [5.41, 5.74) is 1.63. The summed E-state index contributed by atoms with van der Waals surface area (Å²) in [4.78, 5) is 6.74. The summed E-state index contributed by atoms with van der Waals surface area (Å²) in [5.74, 6) is 1.75. The Morgan fingerprint density at radius 3 is 2.83 bits per heavy atom. The van der Waals surface area contributed by atoms with Crippen LogP contribution in [0.4, 0.5) is 0 Å². The molecule has 1 N–H and O–H groups in total. The Hall–Kier alpha value is -0.830. The van der Waals surface area contributed by atoms with Gasteiger partial charge in [0.25, 0.3) is 0 Å². The van der Waals surface area contributed by atoms with Crippen molar-refractivity contribution in [1.29, 1.82) is 0 Å². The highest BCUT2D eigenvalue weighted by atomic mass is 127. The van der Waals surface area contributed by atoms with Gasteiger partial charge in [-0.3, -0.25) is 9.67 Å². The van der Waals surface area contributed by atoms with Crippen LogP contribution >= 0.6 is 24.0 Å². The first-order chi connectivity index (χ1) is 10.5. The molecule has 0 aromatic carbocycles. The molecule has 7 heteroatoms. The average molecular weight is 433 g/mol. The zero-order valence-corrected chi connectivity index (χ0v) is 16.8. The lowest BCUT2D eigenvalue weighted by Gasteiger charge is -2.34. The molecule has 0 spiro atoms. The molecule has 2 aliphatic rings. The van der Waals surface area contributed by atoms with Crippen molar-refractivity contribution < 1.29 is 4.74 Å². The third kappa shape index (κ3) is 4.37. The maximum Gasteiger partial charge on any atom is 0.193 e. The van der Waals surface area contributed by atoms with Crippen molar-refractivity contribution in [3.8, 4) is 0 Å². The number of aromatic nitrogens is 2. The van der Waals surface area contributed by atoms with E-state index in [0.717, 1.165) is 43.7 Å². The molecule has 1 aromatic heterocycles. The quantitative estimate of drug-likeness (QED) is 0.451. The number of aryl methyl sites for hydroxylation is 1. The predicted octanol–water partition coefficient (Wildman–Crippen LogP) is 2.03. The van der Waals surface area contributed by atoms with E-state index in [1.807, 2.05) is 31.2 Å². The number of nitrogens with zero attached hydrogens (tertiary/aromatic N) is 4. The van der Waals surface area contributed by atoms with Crippen molar-refractivity contribution in [3.63, 3.8) is 0 Å². The summed E-state index contributed by atoms with van der Waals surface area (Å²) < 4.78 is 7.71. The lowest BCUT2D eigenvalue weighted by atomic mass is 10.1. The van der Waals surface area contributed by atoms with Crippen LogP contribution in [0.3, 0.4) is 0 Å². The largest absolute Gasteiger partial charge is 0.370 e. The van der Waals surface area contributed by atoms with Crippen molar-refractivity contribution in [2.24, 2.45) is 23.4 Å². The molecule has 0 amide bonds. The summed E-state index contributed by atoms with van der Waals surface area (Å²) >= 11 is 0. The van der Waals surface area contributed by atoms with Gasteiger partial charge in [0.15, 0.2) is 5.96 Å². The second-order valence-corrected chi connectivity index (χ2v) is 7.07. The monoisotopic (exact) mass is 433 g/mol. The first-order valence-electron chi connectivity index (χ1n) is 8.05. The van der Waals surface area contributed by atoms with Crippen molar-refractivity contribution >= 4 is 29.9 Å². The van der Waals surface area contributed by atoms with E-state index >= 15 is 0 Å². The summed E-state index contributed by atoms with van der Waals surface area (Å²) in [6, 6.07) is 0. The van der Waals surface area contributed by atoms with Gasteiger partial charge in [-0.1, -0.05) is 13.8 Å². The van der Waals surface area contributed by atoms with Crippen molar-refractivity contribution in [3.05, 3.63) is 18.0 Å². The lowest BCUT2D eigenvalue weighted by Crippen LogP contribution is -2.48. The number of aliphatic imine (C=N–C) groups is 1. The third-order valence-corrected chi connectivity index (χ3v) is 4.90. The molecule has 2 unspecified atom stereocenters. The highest BCUT2D eigenvalue weighted by Crippen LogP contribution is 2.50. The molecule has 1 saturated carbocycles. The molecule has 0 radical (unpaired) electrons. The molecule has 1 aliphatic heterocycles. The van der Waals surface area contributed by atoms with Crippen LogP contribution in [0.5, 0.6) is 0 Å². The summed E-state index contributed by atoms with van der Waals surface area (Å²) in [7, 11) is 3.79. The number of ether oxygens (including phenoxy) is 1. The van der Waals surface area contributed by atoms with Gasteiger partial charge < -0.3 is 15.0 Å². The van der Waals surface area contributed by atoms with Crippen LogP contribution in [0.25, 0.3) is 0 Å². The topological polar surface area (TPSA) is 54.7 Å². The van der Waals surface area contributed by atoms with Crippen LogP contribution < -0.4 is 5.32 Å². The van der Waals surface area contributed by atoms with Crippen LogP contribution in [-0.2, 0) is 11.8 Å². The Bertz CT molecular complexity index is 556. The average Bonchev–Trinajstić information content (AvgIpc) is 2.90. The Labute approximate surface area is 155 Å². The second kappa shape index (κ2) is 7.38. The van der Waals surface area contributed by atoms with Crippen LogP contribution in [-0.4, -0.2) is 53.9 Å². The first kappa shape index (κ1) is 18.5. The Kier molecular flexibility index (Phi) is 5.94. The standard InChI is InChI=1S/C16H27N5O.HI/c1-16(2)7-13(16)9-18-15(17-3)21-5-6-22-14(11-21)12-8-19-20(4)10-12;/h8,10,13-14H,5-7,9,11H2,1-4H3,(H,17,18);1H. The fraction of sp³-hybridized carbons (Fsp3) is 0.750. The van der Waals surface area contributed by atoms with Gasteiger partial charge in [0.2, 0.25) is 0 Å². The van der Waals surface area contributed by atoms with Crippen LogP contribution in [0, 0.1) is 11.3 Å². The molecule has 3 rings (SSSR count). The van der Waals surface area contributed by atoms with Crippen LogP contribution in [0.15, 0.2) is 17.4 Å². The van der Waals surface area contributed by atoms with Gasteiger partial charge in [-0.2, -0.15) is 5.10 Å². The minimum atomic E-state index is 0. The molecule has 2 fully saturated rings. The van der Waals surface area contributed by atoms with Gasteiger partial charge >= 0.3 is 0 Å². The van der Waals surface area contributed by atoms with Gasteiger partial charge in [0.1, 0.15) is 6.10 Å². The molecular weight excluding hydrogens is 405 g/mol. The number of morpholine rings is 1. The number of guanidine groups is 1. The van der Waals surface area contributed by atoms with E-state index in [9.17, 15) is 0 Å². The predicted molar refractivity (Wildman–Crippen MR) is 102 cm³/mol. The summed E-state index contributed by atoms with van der Waals surface area (Å²) in [6.07, 6.45) is 5.28. The molecule has 6 nitrogen and oxygen atoms in total. The normalized spacial score (nSPS) is 26.6. The van der Waals surface area contributed by atoms with E-state index in [1.165, 1.54) is 6.42 Å². The first-order valence-corrected chi connectivity index (χ1v) is 8.05. The fourth-order valence-corrected chi connectivity index (χ4v) is 3.12. The van der Waals surface area contributed by atoms with Crippen molar-refractivity contribution in [2.45, 2.75) is 26.4 Å². The number of hydrogen-bond acceptors (Lipinski definition) is 3. The molecule has 1 aliphatic carbocycles. The molecule has 23 heavy (non-hydrogen) atoms. The van der Waals surface area contributed by atoms with Crippen molar-refractivity contribution in [1.82, 2.24) is 20.0 Å². The SMILES string of the molecule is CN=C(NCC1CC1(C)C)N1CCOC(c2cnn(C)c2)C1.I. The minimum Gasteiger partial charge on any atom is -0.370 e. The van der Waals surface area contributed by atoms with Gasteiger partial charge in [0, 0.05) is 38.9 Å². The summed E-state index contributed by atoms with van der Waals surface area (Å²) in [6.45, 7) is 8.08.